The summed E-state index contributed by atoms with van der Waals surface area (Å²) in [4.78, 5) is 17.8. The SMILES string of the molecule is COc1ccccc1C=CCN(CCN1CCN(S(=O)(=O)c2ccc(Br)cc2)CC1)C(=O)c1ccc(C)cc1. The smallest absolute Gasteiger partial charge is 0.254 e. The first-order chi connectivity index (χ1) is 18.8. The summed E-state index contributed by atoms with van der Waals surface area (Å²) in [5, 5.41) is 0. The Labute approximate surface area is 239 Å². The summed E-state index contributed by atoms with van der Waals surface area (Å²) in [5.74, 6) is 0.747. The van der Waals surface area contributed by atoms with Gasteiger partial charge < -0.3 is 9.64 Å². The van der Waals surface area contributed by atoms with Gasteiger partial charge in [0.25, 0.3) is 5.91 Å². The van der Waals surface area contributed by atoms with E-state index in [2.05, 4.69) is 20.8 Å². The molecule has 0 saturated carbocycles. The van der Waals surface area contributed by atoms with E-state index in [4.69, 9.17) is 4.74 Å². The molecule has 4 rings (SSSR count). The highest BCUT2D eigenvalue weighted by Crippen LogP contribution is 2.21. The van der Waals surface area contributed by atoms with Crippen LogP contribution in [-0.4, -0.2) is 81.4 Å². The van der Waals surface area contributed by atoms with Crippen molar-refractivity contribution >= 4 is 37.9 Å². The van der Waals surface area contributed by atoms with Gasteiger partial charge in [-0.1, -0.05) is 64.0 Å². The predicted molar refractivity (Wildman–Crippen MR) is 158 cm³/mol. The molecule has 1 fully saturated rings. The number of amides is 1. The van der Waals surface area contributed by atoms with Crippen LogP contribution in [0.25, 0.3) is 6.08 Å². The fourth-order valence-electron chi connectivity index (χ4n) is 4.48. The van der Waals surface area contributed by atoms with Gasteiger partial charge in [-0.25, -0.2) is 8.42 Å². The minimum atomic E-state index is -3.53. The molecule has 0 atom stereocenters. The molecule has 1 saturated heterocycles. The fourth-order valence-corrected chi connectivity index (χ4v) is 6.16. The quantitative estimate of drug-likeness (QED) is 0.325. The van der Waals surface area contributed by atoms with E-state index in [0.29, 0.717) is 56.3 Å². The van der Waals surface area contributed by atoms with E-state index in [1.807, 2.05) is 72.5 Å². The largest absolute Gasteiger partial charge is 0.496 e. The topological polar surface area (TPSA) is 70.2 Å². The van der Waals surface area contributed by atoms with Crippen LogP contribution in [0.1, 0.15) is 21.5 Å². The van der Waals surface area contributed by atoms with E-state index < -0.39 is 10.0 Å². The maximum atomic E-state index is 13.4. The Bertz CT molecular complexity index is 1380. The highest BCUT2D eigenvalue weighted by molar-refractivity contribution is 9.10. The zero-order valence-corrected chi connectivity index (χ0v) is 24.7. The van der Waals surface area contributed by atoms with Gasteiger partial charge in [0.05, 0.1) is 12.0 Å². The van der Waals surface area contributed by atoms with Crippen molar-refractivity contribution in [3.05, 3.63) is 100 Å². The van der Waals surface area contributed by atoms with E-state index >= 15 is 0 Å². The van der Waals surface area contributed by atoms with Crippen LogP contribution in [0.15, 0.2) is 88.2 Å². The van der Waals surface area contributed by atoms with E-state index in [9.17, 15) is 13.2 Å². The number of nitrogens with zero attached hydrogens (tertiary/aromatic N) is 3. The van der Waals surface area contributed by atoms with Gasteiger partial charge in [-0.3, -0.25) is 9.69 Å². The van der Waals surface area contributed by atoms with E-state index in [-0.39, 0.29) is 5.91 Å². The lowest BCUT2D eigenvalue weighted by Gasteiger charge is -2.35. The lowest BCUT2D eigenvalue weighted by molar-refractivity contribution is 0.0745. The molecule has 0 aromatic heterocycles. The second-order valence-corrected chi connectivity index (χ2v) is 12.3. The molecule has 0 spiro atoms. The van der Waals surface area contributed by atoms with Crippen molar-refractivity contribution in [1.82, 2.24) is 14.1 Å². The van der Waals surface area contributed by atoms with Crippen LogP contribution in [0.2, 0.25) is 0 Å². The summed E-state index contributed by atoms with van der Waals surface area (Å²) in [6.45, 7) is 5.69. The highest BCUT2D eigenvalue weighted by Gasteiger charge is 2.28. The Balaban J connectivity index is 1.39. The number of aryl methyl sites for hydroxylation is 1. The summed E-state index contributed by atoms with van der Waals surface area (Å²) < 4.78 is 33.9. The molecule has 1 aliphatic rings. The van der Waals surface area contributed by atoms with Crippen molar-refractivity contribution in [3.8, 4) is 5.75 Å². The minimum absolute atomic E-state index is 0.0314. The molecule has 1 heterocycles. The van der Waals surface area contributed by atoms with E-state index in [0.717, 1.165) is 21.3 Å². The monoisotopic (exact) mass is 611 g/mol. The number of benzene rings is 3. The molecule has 9 heteroatoms. The third-order valence-electron chi connectivity index (χ3n) is 6.82. The van der Waals surface area contributed by atoms with Crippen LogP contribution in [0.4, 0.5) is 0 Å². The van der Waals surface area contributed by atoms with Crippen molar-refractivity contribution in [2.24, 2.45) is 0 Å². The van der Waals surface area contributed by atoms with Gasteiger partial charge in [0.1, 0.15) is 5.75 Å². The second-order valence-electron chi connectivity index (χ2n) is 9.46. The zero-order chi connectivity index (χ0) is 27.8. The summed E-state index contributed by atoms with van der Waals surface area (Å²) in [6, 6.07) is 22.1. The number of piperazine rings is 1. The molecular formula is C30H34BrN3O4S. The first-order valence-corrected chi connectivity index (χ1v) is 15.1. The molecule has 1 aliphatic heterocycles. The number of hydrogen-bond donors (Lipinski definition) is 0. The van der Waals surface area contributed by atoms with Gasteiger partial charge in [-0.15, -0.1) is 0 Å². The Kier molecular flexibility index (Phi) is 9.96. The van der Waals surface area contributed by atoms with Crippen LogP contribution >= 0.6 is 15.9 Å². The predicted octanol–water partition coefficient (Wildman–Crippen LogP) is 4.93. The van der Waals surface area contributed by atoms with Gasteiger partial charge in [-0.05, 0) is 49.4 Å². The van der Waals surface area contributed by atoms with Gasteiger partial charge in [0, 0.05) is 61.4 Å². The third kappa shape index (κ3) is 7.57. The number of halogens is 1. The Hall–Kier alpha value is -2.98. The first-order valence-electron chi connectivity index (χ1n) is 12.9. The van der Waals surface area contributed by atoms with Crippen molar-refractivity contribution in [1.29, 1.82) is 0 Å². The fraction of sp³-hybridized carbons (Fsp3) is 0.300. The van der Waals surface area contributed by atoms with Crippen LogP contribution in [-0.2, 0) is 10.0 Å². The number of sulfonamides is 1. The summed E-state index contributed by atoms with van der Waals surface area (Å²) in [5.41, 5.74) is 2.70. The standard InChI is InChI=1S/C30H34BrN3O4S/c1-24-9-11-26(12-10-24)30(35)33(17-5-7-25-6-3-4-8-29(25)38-2)21-18-32-19-22-34(23-20-32)39(36,37)28-15-13-27(31)14-16-28/h3-16H,17-23H2,1-2H3. The van der Waals surface area contributed by atoms with Gasteiger partial charge in [0.15, 0.2) is 0 Å². The molecule has 0 aliphatic carbocycles. The Morgan fingerprint density at radius 3 is 2.31 bits per heavy atom. The number of carbonyl (C=O) groups is 1. The molecule has 0 radical (unpaired) electrons. The molecule has 206 valence electrons. The zero-order valence-electron chi connectivity index (χ0n) is 22.3. The average Bonchev–Trinajstić information content (AvgIpc) is 2.95. The first kappa shape index (κ1) is 29.0. The molecule has 3 aromatic carbocycles. The van der Waals surface area contributed by atoms with E-state index in [1.54, 1.807) is 31.4 Å². The number of ether oxygens (including phenoxy) is 1. The Morgan fingerprint density at radius 2 is 1.64 bits per heavy atom. The number of rotatable bonds is 10. The number of methoxy groups -OCH3 is 1. The highest BCUT2D eigenvalue weighted by atomic mass is 79.9. The molecule has 0 bridgehead atoms. The number of hydrogen-bond acceptors (Lipinski definition) is 5. The van der Waals surface area contributed by atoms with Crippen LogP contribution in [0, 0.1) is 6.92 Å². The lowest BCUT2D eigenvalue weighted by atomic mass is 10.1. The van der Waals surface area contributed by atoms with Gasteiger partial charge in [-0.2, -0.15) is 4.31 Å². The molecule has 3 aromatic rings. The summed E-state index contributed by atoms with van der Waals surface area (Å²) in [7, 11) is -1.89. The lowest BCUT2D eigenvalue weighted by Crippen LogP contribution is -2.50. The molecular weight excluding hydrogens is 578 g/mol. The van der Waals surface area contributed by atoms with Crippen molar-refractivity contribution in [2.45, 2.75) is 11.8 Å². The molecule has 7 nitrogen and oxygen atoms in total. The molecule has 0 unspecified atom stereocenters. The number of para-hydroxylation sites is 1. The summed E-state index contributed by atoms with van der Waals surface area (Å²) >= 11 is 3.35. The molecule has 0 N–H and O–H groups in total. The third-order valence-corrected chi connectivity index (χ3v) is 9.26. The van der Waals surface area contributed by atoms with Crippen LogP contribution in [0.5, 0.6) is 5.75 Å². The maximum Gasteiger partial charge on any atom is 0.254 e. The van der Waals surface area contributed by atoms with Gasteiger partial charge >= 0.3 is 0 Å². The van der Waals surface area contributed by atoms with E-state index in [1.165, 1.54) is 4.31 Å². The van der Waals surface area contributed by atoms with Gasteiger partial charge in [0.2, 0.25) is 10.0 Å². The average molecular weight is 613 g/mol. The van der Waals surface area contributed by atoms with Crippen LogP contribution in [0.3, 0.4) is 0 Å². The normalized spacial score (nSPS) is 14.9. The van der Waals surface area contributed by atoms with Crippen molar-refractivity contribution in [2.75, 3.05) is 52.9 Å². The van der Waals surface area contributed by atoms with Crippen LogP contribution < -0.4 is 4.74 Å². The Morgan fingerprint density at radius 1 is 0.974 bits per heavy atom. The number of carbonyl (C=O) groups excluding carboxylic acids is 1. The van der Waals surface area contributed by atoms with Crippen molar-refractivity contribution in [3.63, 3.8) is 0 Å². The summed E-state index contributed by atoms with van der Waals surface area (Å²) in [6.07, 6.45) is 3.95. The van der Waals surface area contributed by atoms with Crippen molar-refractivity contribution < 1.29 is 17.9 Å². The maximum absolute atomic E-state index is 13.4. The molecule has 39 heavy (non-hydrogen) atoms. The second kappa shape index (κ2) is 13.4. The molecule has 1 amide bonds. The minimum Gasteiger partial charge on any atom is -0.496 e.